The zero-order chi connectivity index (χ0) is 31.7. The second-order valence-electron chi connectivity index (χ2n) is 12.2. The predicted octanol–water partition coefficient (Wildman–Crippen LogP) is 2.96. The Morgan fingerprint density at radius 3 is 2.48 bits per heavy atom. The first-order valence-electron chi connectivity index (χ1n) is 15.0. The van der Waals surface area contributed by atoms with E-state index >= 15 is 0 Å². The lowest BCUT2D eigenvalue weighted by Gasteiger charge is -2.51. The molecule has 1 saturated carbocycles. The molecule has 4 aliphatic rings. The maximum Gasteiger partial charge on any atom is 0.255 e. The van der Waals surface area contributed by atoms with Gasteiger partial charge in [-0.2, -0.15) is 0 Å². The number of halogens is 1. The lowest BCUT2D eigenvalue weighted by Crippen LogP contribution is -2.66. The number of ketones is 2. The van der Waals surface area contributed by atoms with Crippen molar-refractivity contribution in [2.45, 2.75) is 57.8 Å². The summed E-state index contributed by atoms with van der Waals surface area (Å²) in [7, 11) is 0. The van der Waals surface area contributed by atoms with Crippen LogP contribution in [0.15, 0.2) is 47.2 Å². The highest BCUT2D eigenvalue weighted by atomic mass is 35.5. The molecule has 0 radical (unpaired) electrons. The normalized spacial score (nSPS) is 26.8. The Labute approximate surface area is 260 Å². The van der Waals surface area contributed by atoms with Crippen LogP contribution in [-0.2, 0) is 40.3 Å². The summed E-state index contributed by atoms with van der Waals surface area (Å²) in [6.07, 6.45) is 1.06. The largest absolute Gasteiger partial charge is 0.508 e. The third-order valence-electron chi connectivity index (χ3n) is 9.98. The van der Waals surface area contributed by atoms with E-state index in [9.17, 15) is 34.8 Å². The number of aliphatic hydroxyl groups is 3. The molecule has 6 N–H and O–H groups in total. The molecule has 6 rings (SSSR count). The van der Waals surface area contributed by atoms with Gasteiger partial charge < -0.3 is 26.2 Å². The van der Waals surface area contributed by atoms with Crippen LogP contribution in [0.4, 0.5) is 0 Å². The molecule has 1 amide bonds. The lowest BCUT2D eigenvalue weighted by molar-refractivity contribution is -0.154. The number of carbonyl (C=O) groups excluding carboxylic acids is 3. The van der Waals surface area contributed by atoms with Crippen molar-refractivity contribution in [1.82, 2.24) is 9.80 Å². The van der Waals surface area contributed by atoms with E-state index < -0.39 is 58.0 Å². The number of hydrogen-bond acceptors (Lipinski definition) is 9. The Kier molecular flexibility index (Phi) is 7.60. The van der Waals surface area contributed by atoms with E-state index in [2.05, 4.69) is 17.0 Å². The number of carbonyl (C=O) groups is 3. The molecule has 0 bridgehead atoms. The number of benzene rings is 2. The minimum Gasteiger partial charge on any atom is -0.508 e. The van der Waals surface area contributed by atoms with E-state index in [0.717, 1.165) is 19.5 Å². The van der Waals surface area contributed by atoms with Crippen molar-refractivity contribution < 1.29 is 34.8 Å². The first-order valence-corrected chi connectivity index (χ1v) is 15.4. The molecule has 1 heterocycles. The highest BCUT2D eigenvalue weighted by molar-refractivity contribution is 6.32. The Morgan fingerprint density at radius 1 is 1.14 bits per heavy atom. The molecular formula is C33H36ClN3O7. The first-order chi connectivity index (χ1) is 20.9. The molecule has 1 unspecified atom stereocenters. The highest BCUT2D eigenvalue weighted by Crippen LogP contribution is 2.54. The fourth-order valence-electron chi connectivity index (χ4n) is 7.83. The van der Waals surface area contributed by atoms with Crippen LogP contribution >= 0.6 is 11.6 Å². The fourth-order valence-corrected chi connectivity index (χ4v) is 8.12. The third-order valence-corrected chi connectivity index (χ3v) is 10.5. The number of nitrogens with zero attached hydrogens (tertiary/aromatic N) is 2. The SMILES string of the molecule is CCN(CC)C1C(=O)C(C(N)=O)=C(O)[C@@]2(O)C(=O)C3=C(O)c4c(O)cc(CN5CCc6ccccc6C5)c(Cl)c4C[C@H]3C[C@@H]12. The van der Waals surface area contributed by atoms with Crippen molar-refractivity contribution in [3.8, 4) is 5.75 Å². The molecule has 232 valence electrons. The Hall–Kier alpha value is -3.70. The third kappa shape index (κ3) is 4.38. The van der Waals surface area contributed by atoms with Gasteiger partial charge in [-0.3, -0.25) is 24.2 Å². The van der Waals surface area contributed by atoms with Gasteiger partial charge in [0.2, 0.25) is 5.78 Å². The maximum atomic E-state index is 14.1. The van der Waals surface area contributed by atoms with E-state index in [1.165, 1.54) is 17.2 Å². The van der Waals surface area contributed by atoms with Crippen LogP contribution in [-0.4, -0.2) is 79.0 Å². The van der Waals surface area contributed by atoms with E-state index in [1.54, 1.807) is 4.90 Å². The van der Waals surface area contributed by atoms with Crippen LogP contribution < -0.4 is 5.73 Å². The average Bonchev–Trinajstić information content (AvgIpc) is 2.99. The number of hydrogen-bond donors (Lipinski definition) is 5. The number of rotatable bonds is 6. The quantitative estimate of drug-likeness (QED) is 0.305. The van der Waals surface area contributed by atoms with Gasteiger partial charge in [0, 0.05) is 36.1 Å². The van der Waals surface area contributed by atoms with E-state index in [4.69, 9.17) is 17.3 Å². The molecular weight excluding hydrogens is 586 g/mol. The number of phenolic OH excluding ortho intramolecular Hbond substituents is 1. The number of aromatic hydroxyl groups is 1. The summed E-state index contributed by atoms with van der Waals surface area (Å²) < 4.78 is 0. The van der Waals surface area contributed by atoms with Gasteiger partial charge in [-0.05, 0) is 66.6 Å². The van der Waals surface area contributed by atoms with Gasteiger partial charge in [0.05, 0.1) is 11.6 Å². The second kappa shape index (κ2) is 11.0. The zero-order valence-electron chi connectivity index (χ0n) is 24.6. The van der Waals surface area contributed by atoms with Crippen molar-refractivity contribution in [2.75, 3.05) is 19.6 Å². The van der Waals surface area contributed by atoms with Crippen molar-refractivity contribution >= 4 is 34.8 Å². The lowest BCUT2D eigenvalue weighted by atomic mass is 9.57. The van der Waals surface area contributed by atoms with E-state index in [-0.39, 0.29) is 29.7 Å². The van der Waals surface area contributed by atoms with E-state index in [1.807, 2.05) is 26.0 Å². The number of primary amides is 1. The summed E-state index contributed by atoms with van der Waals surface area (Å²) in [5, 5.41) is 46.0. The van der Waals surface area contributed by atoms with Crippen molar-refractivity contribution in [1.29, 1.82) is 0 Å². The Morgan fingerprint density at radius 2 is 1.82 bits per heavy atom. The summed E-state index contributed by atoms with van der Waals surface area (Å²) in [6, 6.07) is 8.63. The molecule has 1 fully saturated rings. The first kappa shape index (κ1) is 30.3. The van der Waals surface area contributed by atoms with Crippen LogP contribution in [0.1, 0.15) is 48.1 Å². The van der Waals surface area contributed by atoms with Gasteiger partial charge in [-0.15, -0.1) is 0 Å². The van der Waals surface area contributed by atoms with Crippen LogP contribution in [0.5, 0.6) is 5.75 Å². The molecule has 2 aromatic rings. The van der Waals surface area contributed by atoms with Crippen LogP contribution in [0.2, 0.25) is 5.02 Å². The number of likely N-dealkylation sites (N-methyl/N-ethyl adjacent to an activating group) is 1. The number of amides is 1. The molecule has 44 heavy (non-hydrogen) atoms. The Bertz CT molecular complexity index is 1660. The number of aliphatic hydroxyl groups excluding tert-OH is 2. The van der Waals surface area contributed by atoms with Gasteiger partial charge in [0.25, 0.3) is 5.91 Å². The maximum absolute atomic E-state index is 14.1. The minimum absolute atomic E-state index is 0.00448. The van der Waals surface area contributed by atoms with Crippen LogP contribution in [0.25, 0.3) is 5.76 Å². The molecule has 1 aliphatic heterocycles. The second-order valence-corrected chi connectivity index (χ2v) is 12.5. The summed E-state index contributed by atoms with van der Waals surface area (Å²) in [6.45, 7) is 6.34. The fraction of sp³-hybridized carbons (Fsp3) is 0.424. The van der Waals surface area contributed by atoms with Gasteiger partial charge >= 0.3 is 0 Å². The molecule has 0 aromatic heterocycles. The molecule has 0 spiro atoms. The number of phenols is 1. The molecule has 0 saturated heterocycles. The molecule has 2 aromatic carbocycles. The number of fused-ring (bicyclic) bond motifs is 4. The van der Waals surface area contributed by atoms with Crippen molar-refractivity contribution in [3.05, 3.63) is 80.1 Å². The highest BCUT2D eigenvalue weighted by Gasteiger charge is 2.64. The smallest absolute Gasteiger partial charge is 0.255 e. The minimum atomic E-state index is -2.67. The summed E-state index contributed by atoms with van der Waals surface area (Å²) in [4.78, 5) is 44.0. The average molecular weight is 622 g/mol. The van der Waals surface area contributed by atoms with Crippen molar-refractivity contribution in [2.24, 2.45) is 17.6 Å². The monoisotopic (exact) mass is 621 g/mol. The van der Waals surface area contributed by atoms with Gasteiger partial charge in [0.15, 0.2) is 11.4 Å². The zero-order valence-corrected chi connectivity index (χ0v) is 25.4. The van der Waals surface area contributed by atoms with Gasteiger partial charge in [-0.1, -0.05) is 49.7 Å². The topological polar surface area (TPSA) is 165 Å². The summed E-state index contributed by atoms with van der Waals surface area (Å²) >= 11 is 6.97. The molecule has 10 nitrogen and oxygen atoms in total. The predicted molar refractivity (Wildman–Crippen MR) is 163 cm³/mol. The van der Waals surface area contributed by atoms with Gasteiger partial charge in [0.1, 0.15) is 22.8 Å². The van der Waals surface area contributed by atoms with Gasteiger partial charge in [-0.25, -0.2) is 0 Å². The van der Waals surface area contributed by atoms with Crippen molar-refractivity contribution in [3.63, 3.8) is 0 Å². The standard InChI is InChI=1S/C33H36ClN3O7/c1-3-37(4-2)27-21-12-18-11-20-24(28(39)23(18)30(41)33(21,44)31(42)25(29(27)40)32(35)43)22(38)13-19(26(20)34)15-36-10-9-16-7-5-6-8-17(16)14-36/h5-8,13,18,21,27,38-39,42,44H,3-4,9-12,14-15H2,1-2H3,(H2,35,43)/t18-,21-,27?,33-/m0/s1. The van der Waals surface area contributed by atoms with Crippen LogP contribution in [0, 0.1) is 11.8 Å². The Balaban J connectivity index is 1.42. The molecule has 11 heteroatoms. The van der Waals surface area contributed by atoms with Crippen LogP contribution in [0.3, 0.4) is 0 Å². The molecule has 4 atom stereocenters. The number of Topliss-reactive ketones (excluding diaryl/α,β-unsaturated/α-hetero) is 2. The molecule has 3 aliphatic carbocycles. The van der Waals surface area contributed by atoms with E-state index in [0.29, 0.717) is 35.8 Å². The summed E-state index contributed by atoms with van der Waals surface area (Å²) in [5.41, 5.74) is 5.46. The summed E-state index contributed by atoms with van der Waals surface area (Å²) in [5.74, 6) is -6.76. The number of nitrogens with two attached hydrogens (primary N) is 1.